The molecule has 0 aliphatic rings. The molecule has 3 nitrogen and oxygen atoms in total. The lowest BCUT2D eigenvalue weighted by atomic mass is 10.3. The average molecular weight is 249 g/mol. The number of nitro groups is 1. The van der Waals surface area contributed by atoms with Crippen molar-refractivity contribution in [3.8, 4) is 0 Å². The van der Waals surface area contributed by atoms with Crippen LogP contribution in [-0.4, -0.2) is 4.92 Å². The summed E-state index contributed by atoms with van der Waals surface area (Å²) in [7, 11) is 0. The molecule has 0 heterocycles. The van der Waals surface area contributed by atoms with Crippen LogP contribution in [0.5, 0.6) is 0 Å². The Balaban J connectivity index is 2.33. The van der Waals surface area contributed by atoms with Gasteiger partial charge < -0.3 is 0 Å². The van der Waals surface area contributed by atoms with Gasteiger partial charge in [-0.3, -0.25) is 10.1 Å². The Kier molecular flexibility index (Phi) is 3.39. The zero-order chi connectivity index (χ0) is 12.3. The quantitative estimate of drug-likeness (QED) is 0.612. The second-order valence-electron chi connectivity index (χ2n) is 3.28. The lowest BCUT2D eigenvalue weighted by molar-refractivity contribution is -0.387. The number of benzene rings is 2. The Bertz CT molecular complexity index is 560. The lowest BCUT2D eigenvalue weighted by Crippen LogP contribution is -1.89. The van der Waals surface area contributed by atoms with E-state index in [1.54, 1.807) is 30.3 Å². The predicted octanol–water partition coefficient (Wildman–Crippen LogP) is 3.89. The first-order valence-corrected chi connectivity index (χ1v) is 5.65. The largest absolute Gasteiger partial charge is 0.283 e. The maximum Gasteiger partial charge on any atom is 0.283 e. The highest BCUT2D eigenvalue weighted by Gasteiger charge is 2.13. The Morgan fingerprint density at radius 3 is 2.59 bits per heavy atom. The monoisotopic (exact) mass is 249 g/mol. The molecule has 2 aromatic rings. The molecule has 0 aromatic heterocycles. The summed E-state index contributed by atoms with van der Waals surface area (Å²) in [5.74, 6) is -0.353. The van der Waals surface area contributed by atoms with Gasteiger partial charge >= 0.3 is 0 Å². The summed E-state index contributed by atoms with van der Waals surface area (Å²) < 4.78 is 13.0. The summed E-state index contributed by atoms with van der Waals surface area (Å²) in [6.07, 6.45) is 0. The molecule has 2 rings (SSSR count). The summed E-state index contributed by atoms with van der Waals surface area (Å²) in [6, 6.07) is 12.4. The van der Waals surface area contributed by atoms with E-state index in [9.17, 15) is 14.5 Å². The second-order valence-corrected chi connectivity index (χ2v) is 4.40. The first kappa shape index (κ1) is 11.6. The first-order chi connectivity index (χ1) is 8.16. The smallest absolute Gasteiger partial charge is 0.258 e. The van der Waals surface area contributed by atoms with Gasteiger partial charge in [0.25, 0.3) is 5.69 Å². The molecule has 5 heteroatoms. The van der Waals surface area contributed by atoms with Gasteiger partial charge in [-0.1, -0.05) is 30.0 Å². The summed E-state index contributed by atoms with van der Waals surface area (Å²) in [5, 5.41) is 10.8. The topological polar surface area (TPSA) is 43.1 Å². The van der Waals surface area contributed by atoms with Gasteiger partial charge in [0.1, 0.15) is 5.82 Å². The zero-order valence-corrected chi connectivity index (χ0v) is 9.49. The van der Waals surface area contributed by atoms with E-state index in [4.69, 9.17) is 0 Å². The van der Waals surface area contributed by atoms with Crippen LogP contribution in [-0.2, 0) is 0 Å². The summed E-state index contributed by atoms with van der Waals surface area (Å²) in [6.45, 7) is 0. The Morgan fingerprint density at radius 1 is 1.12 bits per heavy atom. The van der Waals surface area contributed by atoms with Gasteiger partial charge in [0.2, 0.25) is 0 Å². The van der Waals surface area contributed by atoms with Crippen LogP contribution in [0.2, 0.25) is 0 Å². The maximum absolute atomic E-state index is 13.0. The summed E-state index contributed by atoms with van der Waals surface area (Å²) >= 11 is 1.18. The van der Waals surface area contributed by atoms with Crippen LogP contribution in [0.3, 0.4) is 0 Å². The second kappa shape index (κ2) is 4.97. The first-order valence-electron chi connectivity index (χ1n) is 4.83. The summed E-state index contributed by atoms with van der Waals surface area (Å²) in [4.78, 5) is 11.5. The molecule has 86 valence electrons. The van der Waals surface area contributed by atoms with E-state index in [0.29, 0.717) is 9.79 Å². The van der Waals surface area contributed by atoms with Crippen molar-refractivity contribution in [2.45, 2.75) is 9.79 Å². The fraction of sp³-hybridized carbons (Fsp3) is 0. The minimum Gasteiger partial charge on any atom is -0.258 e. The van der Waals surface area contributed by atoms with E-state index >= 15 is 0 Å². The van der Waals surface area contributed by atoms with E-state index in [1.165, 1.54) is 30.0 Å². The highest BCUT2D eigenvalue weighted by Crippen LogP contribution is 2.34. The molecule has 0 bridgehead atoms. The molecule has 0 N–H and O–H groups in total. The van der Waals surface area contributed by atoms with Crippen molar-refractivity contribution in [1.29, 1.82) is 0 Å². The van der Waals surface area contributed by atoms with Crippen LogP contribution in [0.25, 0.3) is 0 Å². The SMILES string of the molecule is O=[N+]([O-])c1ccccc1Sc1cccc(F)c1. The minimum atomic E-state index is -0.443. The molecule has 0 unspecified atom stereocenters. The van der Waals surface area contributed by atoms with Gasteiger partial charge in [-0.25, -0.2) is 4.39 Å². The van der Waals surface area contributed by atoms with Crippen molar-refractivity contribution in [3.05, 3.63) is 64.5 Å². The van der Waals surface area contributed by atoms with Gasteiger partial charge in [-0.2, -0.15) is 0 Å². The van der Waals surface area contributed by atoms with Crippen LogP contribution in [0.15, 0.2) is 58.3 Å². The fourth-order valence-electron chi connectivity index (χ4n) is 1.35. The third-order valence-electron chi connectivity index (χ3n) is 2.09. The Hall–Kier alpha value is -1.88. The molecule has 17 heavy (non-hydrogen) atoms. The van der Waals surface area contributed by atoms with Crippen molar-refractivity contribution < 1.29 is 9.31 Å². The van der Waals surface area contributed by atoms with Gasteiger partial charge in [0.15, 0.2) is 0 Å². The van der Waals surface area contributed by atoms with Crippen LogP contribution >= 0.6 is 11.8 Å². The van der Waals surface area contributed by atoms with Crippen molar-refractivity contribution in [1.82, 2.24) is 0 Å². The number of nitrogens with zero attached hydrogens (tertiary/aromatic N) is 1. The molecule has 0 saturated carbocycles. The number of rotatable bonds is 3. The Labute approximate surface area is 101 Å². The average Bonchev–Trinajstić information content (AvgIpc) is 2.29. The van der Waals surface area contributed by atoms with Crippen molar-refractivity contribution in [2.24, 2.45) is 0 Å². The molecule has 0 atom stereocenters. The van der Waals surface area contributed by atoms with Crippen LogP contribution in [0.4, 0.5) is 10.1 Å². The molecule has 0 aliphatic carbocycles. The van der Waals surface area contributed by atoms with Crippen molar-refractivity contribution in [2.75, 3.05) is 0 Å². The van der Waals surface area contributed by atoms with Crippen LogP contribution in [0.1, 0.15) is 0 Å². The maximum atomic E-state index is 13.0. The van der Waals surface area contributed by atoms with Gasteiger partial charge in [-0.15, -0.1) is 0 Å². The summed E-state index contributed by atoms with van der Waals surface area (Å²) in [5.41, 5.74) is 0.0294. The molecular weight excluding hydrogens is 241 g/mol. The Morgan fingerprint density at radius 2 is 1.88 bits per heavy atom. The van der Waals surface area contributed by atoms with E-state index < -0.39 is 4.92 Å². The molecule has 0 amide bonds. The highest BCUT2D eigenvalue weighted by molar-refractivity contribution is 7.99. The molecule has 2 aromatic carbocycles. The predicted molar refractivity (Wildman–Crippen MR) is 63.6 cm³/mol. The van der Waals surface area contributed by atoms with E-state index in [-0.39, 0.29) is 11.5 Å². The van der Waals surface area contributed by atoms with Gasteiger partial charge in [0, 0.05) is 11.0 Å². The molecule has 0 aliphatic heterocycles. The highest BCUT2D eigenvalue weighted by atomic mass is 32.2. The fourth-order valence-corrected chi connectivity index (χ4v) is 2.32. The molecule has 0 radical (unpaired) electrons. The van der Waals surface area contributed by atoms with Gasteiger partial charge in [0.05, 0.1) is 9.82 Å². The van der Waals surface area contributed by atoms with Crippen molar-refractivity contribution >= 4 is 17.4 Å². The van der Waals surface area contributed by atoms with Gasteiger partial charge in [-0.05, 0) is 24.3 Å². The number of halogens is 1. The molecule has 0 fully saturated rings. The number of nitro benzene ring substituents is 1. The molecule has 0 saturated heterocycles. The van der Waals surface area contributed by atoms with E-state index in [0.717, 1.165) is 0 Å². The van der Waals surface area contributed by atoms with Crippen molar-refractivity contribution in [3.63, 3.8) is 0 Å². The van der Waals surface area contributed by atoms with Crippen LogP contribution in [0, 0.1) is 15.9 Å². The van der Waals surface area contributed by atoms with Crippen LogP contribution < -0.4 is 0 Å². The van der Waals surface area contributed by atoms with E-state index in [1.807, 2.05) is 0 Å². The number of para-hydroxylation sites is 1. The minimum absolute atomic E-state index is 0.0294. The molecular formula is C12H8FNO2S. The third-order valence-corrected chi connectivity index (χ3v) is 3.14. The normalized spacial score (nSPS) is 10.2. The van der Waals surface area contributed by atoms with E-state index in [2.05, 4.69) is 0 Å². The zero-order valence-electron chi connectivity index (χ0n) is 8.67. The molecule has 0 spiro atoms. The number of hydrogen-bond acceptors (Lipinski definition) is 3. The lowest BCUT2D eigenvalue weighted by Gasteiger charge is -2.02. The third kappa shape index (κ3) is 2.82. The standard InChI is InChI=1S/C12H8FNO2S/c13-9-4-3-5-10(8-9)17-12-7-2-1-6-11(12)14(15)16/h1-8H. The number of hydrogen-bond donors (Lipinski definition) is 0.